The molecule has 0 aromatic rings. The lowest BCUT2D eigenvalue weighted by Gasteiger charge is -2.12. The van der Waals surface area contributed by atoms with Crippen LogP contribution in [0.15, 0.2) is 0 Å². The van der Waals surface area contributed by atoms with Crippen LogP contribution in [0.3, 0.4) is 0 Å². The molecule has 2 heteroatoms. The first-order chi connectivity index (χ1) is 7.45. The van der Waals surface area contributed by atoms with E-state index >= 15 is 0 Å². The van der Waals surface area contributed by atoms with E-state index < -0.39 is 0 Å². The summed E-state index contributed by atoms with van der Waals surface area (Å²) in [4.78, 5) is 12.5. The third kappa shape index (κ3) is 23.4. The van der Waals surface area contributed by atoms with Crippen LogP contribution in [-0.4, -0.2) is 30.8 Å². The van der Waals surface area contributed by atoms with Crippen LogP contribution in [0.5, 0.6) is 0 Å². The average molecular weight is 231 g/mol. The lowest BCUT2D eigenvalue weighted by Crippen LogP contribution is -2.19. The molecule has 0 N–H and O–H groups in total. The lowest BCUT2D eigenvalue weighted by atomic mass is 10.1. The summed E-state index contributed by atoms with van der Waals surface area (Å²) < 4.78 is 0. The molecule has 0 saturated heterocycles. The maximum atomic E-state index is 10.1. The van der Waals surface area contributed by atoms with Crippen LogP contribution in [0, 0.1) is 5.92 Å². The molecule has 0 heterocycles. The van der Waals surface area contributed by atoms with Gasteiger partial charge in [0.15, 0.2) is 0 Å². The molecule has 0 aromatic carbocycles. The fourth-order valence-corrected chi connectivity index (χ4v) is 0.875. The predicted octanol–water partition coefficient (Wildman–Crippen LogP) is 4.00. The third-order valence-corrected chi connectivity index (χ3v) is 2.02. The van der Waals surface area contributed by atoms with E-state index in [4.69, 9.17) is 0 Å². The molecular formula is C14H33NO. The van der Waals surface area contributed by atoms with Crippen molar-refractivity contribution in [1.82, 2.24) is 4.90 Å². The highest BCUT2D eigenvalue weighted by molar-refractivity contribution is 5.77. The minimum Gasteiger partial charge on any atom is -0.306 e. The molecule has 0 radical (unpaired) electrons. The number of hydrogen-bond donors (Lipinski definition) is 0. The van der Waals surface area contributed by atoms with Crippen LogP contribution in [0.2, 0.25) is 0 Å². The molecule has 0 amide bonds. The molecule has 0 saturated carbocycles. The van der Waals surface area contributed by atoms with Gasteiger partial charge in [-0.05, 0) is 39.9 Å². The predicted molar refractivity (Wildman–Crippen MR) is 74.9 cm³/mol. The van der Waals surface area contributed by atoms with Crippen LogP contribution in [0.4, 0.5) is 0 Å². The van der Waals surface area contributed by atoms with Crippen molar-refractivity contribution in [3.8, 4) is 0 Å². The fourth-order valence-electron chi connectivity index (χ4n) is 0.875. The highest BCUT2D eigenvalue weighted by atomic mass is 16.1. The fraction of sp³-hybridized carbons (Fsp3) is 0.929. The standard InChI is InChI=1S/C7H17N.C5H10O.C2H6/c1-4-6-8(3)7-5-2;1-4(2)5(3)6;1-2/h4-7H2,1-3H3;4H,1-3H3;1-2H3. The van der Waals surface area contributed by atoms with Crippen LogP contribution in [-0.2, 0) is 4.79 Å². The molecule has 100 valence electrons. The zero-order chi connectivity index (χ0) is 13.6. The number of ketones is 1. The van der Waals surface area contributed by atoms with Gasteiger partial charge in [0.25, 0.3) is 0 Å². The van der Waals surface area contributed by atoms with Crippen molar-refractivity contribution < 1.29 is 4.79 Å². The average Bonchev–Trinajstić information content (AvgIpc) is 2.22. The summed E-state index contributed by atoms with van der Waals surface area (Å²) in [7, 11) is 2.17. The Kier molecular flexibility index (Phi) is 22.3. The zero-order valence-electron chi connectivity index (χ0n) is 12.8. The molecule has 0 atom stereocenters. The minimum atomic E-state index is 0.213. The molecule has 0 bridgehead atoms. The van der Waals surface area contributed by atoms with E-state index in [0.717, 1.165) is 0 Å². The van der Waals surface area contributed by atoms with E-state index in [0.29, 0.717) is 0 Å². The minimum absolute atomic E-state index is 0.213. The van der Waals surface area contributed by atoms with Gasteiger partial charge < -0.3 is 4.90 Å². The molecule has 0 aliphatic rings. The van der Waals surface area contributed by atoms with Gasteiger partial charge in [0.05, 0.1) is 0 Å². The first-order valence-corrected chi connectivity index (χ1v) is 6.64. The van der Waals surface area contributed by atoms with Gasteiger partial charge in [0.1, 0.15) is 5.78 Å². The summed E-state index contributed by atoms with van der Waals surface area (Å²) >= 11 is 0. The largest absolute Gasteiger partial charge is 0.306 e. The summed E-state index contributed by atoms with van der Waals surface area (Å²) in [6, 6.07) is 0. The monoisotopic (exact) mass is 231 g/mol. The van der Waals surface area contributed by atoms with Gasteiger partial charge in [-0.25, -0.2) is 0 Å². The van der Waals surface area contributed by atoms with E-state index in [-0.39, 0.29) is 11.7 Å². The second kappa shape index (κ2) is 17.0. The SMILES string of the molecule is CC.CC(=O)C(C)C.CCCN(C)CCC. The smallest absolute Gasteiger partial charge is 0.132 e. The van der Waals surface area contributed by atoms with Crippen LogP contribution in [0.25, 0.3) is 0 Å². The van der Waals surface area contributed by atoms with E-state index in [9.17, 15) is 4.79 Å². The Labute approximate surface area is 103 Å². The maximum absolute atomic E-state index is 10.1. The van der Waals surface area contributed by atoms with Gasteiger partial charge in [-0.15, -0.1) is 0 Å². The van der Waals surface area contributed by atoms with Crippen molar-refractivity contribution in [3.05, 3.63) is 0 Å². The second-order valence-corrected chi connectivity index (χ2v) is 4.07. The van der Waals surface area contributed by atoms with Crippen molar-refractivity contribution in [3.63, 3.8) is 0 Å². The molecule has 0 aliphatic carbocycles. The van der Waals surface area contributed by atoms with E-state index in [1.807, 2.05) is 27.7 Å². The van der Waals surface area contributed by atoms with Crippen LogP contribution < -0.4 is 0 Å². The Bertz CT molecular complexity index is 127. The molecule has 16 heavy (non-hydrogen) atoms. The molecule has 0 aromatic heterocycles. The number of carbonyl (C=O) groups is 1. The molecular weight excluding hydrogens is 198 g/mol. The number of Topliss-reactive ketones (excluding diaryl/α,β-unsaturated/α-hetero) is 1. The van der Waals surface area contributed by atoms with E-state index in [2.05, 4.69) is 25.8 Å². The molecule has 0 rings (SSSR count). The molecule has 0 unspecified atom stereocenters. The normalized spacial score (nSPS) is 9.12. The summed E-state index contributed by atoms with van der Waals surface area (Å²) in [6.45, 7) is 16.3. The van der Waals surface area contributed by atoms with Crippen molar-refractivity contribution in [2.24, 2.45) is 5.92 Å². The quantitative estimate of drug-likeness (QED) is 0.713. The number of nitrogens with zero attached hydrogens (tertiary/aromatic N) is 1. The number of rotatable bonds is 5. The second-order valence-electron chi connectivity index (χ2n) is 4.07. The topological polar surface area (TPSA) is 20.3 Å². The van der Waals surface area contributed by atoms with Crippen LogP contribution in [0.1, 0.15) is 61.3 Å². The Hall–Kier alpha value is -0.370. The summed E-state index contributed by atoms with van der Waals surface area (Å²) in [6.07, 6.45) is 2.55. The summed E-state index contributed by atoms with van der Waals surface area (Å²) in [5.41, 5.74) is 0. The van der Waals surface area contributed by atoms with Gasteiger partial charge in [-0.1, -0.05) is 41.5 Å². The van der Waals surface area contributed by atoms with Crippen molar-refractivity contribution in [2.75, 3.05) is 20.1 Å². The van der Waals surface area contributed by atoms with Gasteiger partial charge in [-0.2, -0.15) is 0 Å². The van der Waals surface area contributed by atoms with Gasteiger partial charge in [-0.3, -0.25) is 4.79 Å². The van der Waals surface area contributed by atoms with Gasteiger partial charge in [0.2, 0.25) is 0 Å². The summed E-state index contributed by atoms with van der Waals surface area (Å²) in [5, 5.41) is 0. The maximum Gasteiger partial charge on any atom is 0.132 e. The highest BCUT2D eigenvalue weighted by Gasteiger charge is 1.95. The Balaban J connectivity index is -0.000000188. The summed E-state index contributed by atoms with van der Waals surface area (Å²) in [5.74, 6) is 0.472. The Morgan fingerprint density at radius 2 is 1.31 bits per heavy atom. The molecule has 0 spiro atoms. The molecule has 2 nitrogen and oxygen atoms in total. The van der Waals surface area contributed by atoms with Crippen molar-refractivity contribution in [2.45, 2.75) is 61.3 Å². The van der Waals surface area contributed by atoms with Gasteiger partial charge >= 0.3 is 0 Å². The van der Waals surface area contributed by atoms with Crippen molar-refractivity contribution >= 4 is 5.78 Å². The first kappa shape index (κ1) is 21.0. The highest BCUT2D eigenvalue weighted by Crippen LogP contribution is 1.89. The Morgan fingerprint density at radius 1 is 1.06 bits per heavy atom. The van der Waals surface area contributed by atoms with Crippen molar-refractivity contribution in [1.29, 1.82) is 0 Å². The van der Waals surface area contributed by atoms with Gasteiger partial charge in [0, 0.05) is 5.92 Å². The first-order valence-electron chi connectivity index (χ1n) is 6.64. The zero-order valence-corrected chi connectivity index (χ0v) is 12.8. The lowest BCUT2D eigenvalue weighted by molar-refractivity contribution is -0.119. The third-order valence-electron chi connectivity index (χ3n) is 2.02. The Morgan fingerprint density at radius 3 is 1.44 bits per heavy atom. The van der Waals surface area contributed by atoms with Crippen LogP contribution >= 0.6 is 0 Å². The van der Waals surface area contributed by atoms with E-state index in [1.54, 1.807) is 6.92 Å². The molecule has 0 aliphatic heterocycles. The van der Waals surface area contributed by atoms with E-state index in [1.165, 1.54) is 25.9 Å². The molecule has 0 fully saturated rings. The number of carbonyl (C=O) groups excluding carboxylic acids is 1. The number of hydrogen-bond acceptors (Lipinski definition) is 2.